The molecule has 2 rings (SSSR count). The van der Waals surface area contributed by atoms with E-state index < -0.39 is 5.82 Å². The van der Waals surface area contributed by atoms with E-state index in [1.165, 1.54) is 12.1 Å². The molecule has 112 valence electrons. The Hall–Kier alpha value is -2.17. The number of nitrogens with zero attached hydrogens (tertiary/aromatic N) is 2. The number of carbonyl (C=O) groups excluding carboxylic acids is 1. The highest BCUT2D eigenvalue weighted by molar-refractivity contribution is 6.05. The first-order chi connectivity index (χ1) is 9.93. The third kappa shape index (κ3) is 3.12. The first-order valence-corrected chi connectivity index (χ1v) is 7.05. The summed E-state index contributed by atoms with van der Waals surface area (Å²) in [6, 6.07) is 4.21. The lowest BCUT2D eigenvalue weighted by molar-refractivity contribution is 0.102. The van der Waals surface area contributed by atoms with E-state index in [-0.39, 0.29) is 5.91 Å². The molecule has 0 spiro atoms. The summed E-state index contributed by atoms with van der Waals surface area (Å²) in [6.07, 6.45) is 0.971. The fourth-order valence-corrected chi connectivity index (χ4v) is 2.33. The Morgan fingerprint density at radius 1 is 1.33 bits per heavy atom. The number of aromatic nitrogens is 2. The molecule has 1 N–H and O–H groups in total. The van der Waals surface area contributed by atoms with Gasteiger partial charge in [-0.15, -0.1) is 0 Å². The molecular weight excluding hydrogens is 269 g/mol. The molecular formula is C16H20FN3O. The van der Waals surface area contributed by atoms with Gasteiger partial charge < -0.3 is 5.32 Å². The normalized spacial score (nSPS) is 10.7. The quantitative estimate of drug-likeness (QED) is 0.934. The van der Waals surface area contributed by atoms with Crippen molar-refractivity contribution in [3.63, 3.8) is 0 Å². The number of hydrogen-bond donors (Lipinski definition) is 1. The number of amides is 1. The maximum atomic E-state index is 13.3. The molecule has 0 atom stereocenters. The van der Waals surface area contributed by atoms with Crippen molar-refractivity contribution < 1.29 is 9.18 Å². The largest absolute Gasteiger partial charge is 0.319 e. The van der Waals surface area contributed by atoms with Crippen LogP contribution in [0.5, 0.6) is 0 Å². The van der Waals surface area contributed by atoms with E-state index in [1.807, 2.05) is 18.5 Å². The van der Waals surface area contributed by atoms with Gasteiger partial charge in [0.1, 0.15) is 5.82 Å². The Morgan fingerprint density at radius 2 is 2.05 bits per heavy atom. The van der Waals surface area contributed by atoms with Gasteiger partial charge in [-0.3, -0.25) is 9.48 Å². The summed E-state index contributed by atoms with van der Waals surface area (Å²) in [6.45, 7) is 8.44. The second kappa shape index (κ2) is 6.08. The van der Waals surface area contributed by atoms with Crippen LogP contribution in [-0.4, -0.2) is 15.7 Å². The zero-order valence-corrected chi connectivity index (χ0v) is 12.8. The molecule has 0 aliphatic heterocycles. The molecule has 5 heteroatoms. The summed E-state index contributed by atoms with van der Waals surface area (Å²) in [4.78, 5) is 12.3. The van der Waals surface area contributed by atoms with Crippen molar-refractivity contribution in [1.29, 1.82) is 0 Å². The first-order valence-electron chi connectivity index (χ1n) is 7.05. The van der Waals surface area contributed by atoms with Crippen molar-refractivity contribution in [2.45, 2.75) is 40.7 Å². The van der Waals surface area contributed by atoms with Crippen molar-refractivity contribution in [2.75, 3.05) is 5.32 Å². The van der Waals surface area contributed by atoms with Crippen LogP contribution in [0.4, 0.5) is 10.1 Å². The lowest BCUT2D eigenvalue weighted by Crippen LogP contribution is -2.15. The van der Waals surface area contributed by atoms with E-state index >= 15 is 0 Å². The Bertz CT molecular complexity index is 676. The third-order valence-corrected chi connectivity index (χ3v) is 3.50. The van der Waals surface area contributed by atoms with Crippen LogP contribution in [0.25, 0.3) is 0 Å². The number of aryl methyl sites for hydroxylation is 3. The predicted molar refractivity (Wildman–Crippen MR) is 81.1 cm³/mol. The fraction of sp³-hybridized carbons (Fsp3) is 0.375. The van der Waals surface area contributed by atoms with Gasteiger partial charge in [0.25, 0.3) is 5.91 Å². The van der Waals surface area contributed by atoms with Crippen LogP contribution in [0.15, 0.2) is 18.2 Å². The van der Waals surface area contributed by atoms with E-state index in [1.54, 1.807) is 13.0 Å². The van der Waals surface area contributed by atoms with Crippen molar-refractivity contribution in [2.24, 2.45) is 0 Å². The summed E-state index contributed by atoms with van der Waals surface area (Å²) in [5.74, 6) is -0.727. The zero-order chi connectivity index (χ0) is 15.6. The summed E-state index contributed by atoms with van der Waals surface area (Å²) in [7, 11) is 0. The Labute approximate surface area is 124 Å². The van der Waals surface area contributed by atoms with E-state index in [0.717, 1.165) is 29.9 Å². The molecule has 1 heterocycles. The fourth-order valence-electron chi connectivity index (χ4n) is 2.33. The second-order valence-electron chi connectivity index (χ2n) is 5.18. The molecule has 0 saturated carbocycles. The van der Waals surface area contributed by atoms with Crippen LogP contribution < -0.4 is 5.32 Å². The van der Waals surface area contributed by atoms with Gasteiger partial charge in [-0.2, -0.15) is 5.10 Å². The van der Waals surface area contributed by atoms with E-state index in [9.17, 15) is 9.18 Å². The maximum absolute atomic E-state index is 13.3. The number of benzene rings is 1. The van der Waals surface area contributed by atoms with Crippen LogP contribution in [0.3, 0.4) is 0 Å². The van der Waals surface area contributed by atoms with Gasteiger partial charge in [-0.05, 0) is 44.9 Å². The molecule has 0 bridgehead atoms. The lowest BCUT2D eigenvalue weighted by Gasteiger charge is -2.08. The van der Waals surface area contributed by atoms with Gasteiger partial charge in [-0.1, -0.05) is 13.0 Å². The summed E-state index contributed by atoms with van der Waals surface area (Å²) < 4.78 is 15.2. The second-order valence-corrected chi connectivity index (χ2v) is 5.18. The maximum Gasteiger partial charge on any atom is 0.256 e. The van der Waals surface area contributed by atoms with Crippen molar-refractivity contribution >= 4 is 11.6 Å². The molecule has 0 fully saturated rings. The molecule has 2 aromatic rings. The predicted octanol–water partition coefficient (Wildman–Crippen LogP) is 3.61. The van der Waals surface area contributed by atoms with Gasteiger partial charge in [0.15, 0.2) is 0 Å². The molecule has 21 heavy (non-hydrogen) atoms. The molecule has 4 nitrogen and oxygen atoms in total. The monoisotopic (exact) mass is 289 g/mol. The van der Waals surface area contributed by atoms with Gasteiger partial charge in [-0.25, -0.2) is 4.39 Å². The Balaban J connectivity index is 2.29. The Morgan fingerprint density at radius 3 is 2.71 bits per heavy atom. The molecule has 1 amide bonds. The Kier molecular flexibility index (Phi) is 4.40. The van der Waals surface area contributed by atoms with Crippen LogP contribution in [0.1, 0.15) is 40.7 Å². The van der Waals surface area contributed by atoms with Gasteiger partial charge >= 0.3 is 0 Å². The molecule has 1 aromatic heterocycles. The number of hydrogen-bond acceptors (Lipinski definition) is 2. The number of rotatable bonds is 4. The summed E-state index contributed by atoms with van der Waals surface area (Å²) in [5.41, 5.74) is 3.47. The van der Waals surface area contributed by atoms with Crippen molar-refractivity contribution in [3.8, 4) is 0 Å². The molecule has 0 aliphatic carbocycles. The standard InChI is InChI=1S/C16H20FN3O/c1-5-8-20-12(4)15(11(3)19-20)18-16(21)14-9-13(17)7-6-10(14)2/h6-7,9H,5,8H2,1-4H3,(H,18,21). The average molecular weight is 289 g/mol. The van der Waals surface area contributed by atoms with E-state index in [2.05, 4.69) is 17.3 Å². The zero-order valence-electron chi connectivity index (χ0n) is 12.8. The third-order valence-electron chi connectivity index (χ3n) is 3.50. The number of nitrogens with one attached hydrogen (secondary N) is 1. The molecule has 1 aromatic carbocycles. The van der Waals surface area contributed by atoms with E-state index in [0.29, 0.717) is 11.3 Å². The van der Waals surface area contributed by atoms with Crippen LogP contribution in [0.2, 0.25) is 0 Å². The van der Waals surface area contributed by atoms with Gasteiger partial charge in [0.2, 0.25) is 0 Å². The number of halogens is 1. The topological polar surface area (TPSA) is 46.9 Å². The summed E-state index contributed by atoms with van der Waals surface area (Å²) >= 11 is 0. The highest BCUT2D eigenvalue weighted by Gasteiger charge is 2.16. The number of anilines is 1. The minimum atomic E-state index is -0.416. The average Bonchev–Trinajstić information content (AvgIpc) is 2.69. The highest BCUT2D eigenvalue weighted by Crippen LogP contribution is 2.21. The van der Waals surface area contributed by atoms with Crippen LogP contribution in [-0.2, 0) is 6.54 Å². The van der Waals surface area contributed by atoms with E-state index in [4.69, 9.17) is 0 Å². The summed E-state index contributed by atoms with van der Waals surface area (Å²) in [5, 5.41) is 7.27. The lowest BCUT2D eigenvalue weighted by atomic mass is 10.1. The highest BCUT2D eigenvalue weighted by atomic mass is 19.1. The molecule has 0 aliphatic rings. The van der Waals surface area contributed by atoms with Crippen molar-refractivity contribution in [3.05, 3.63) is 46.5 Å². The van der Waals surface area contributed by atoms with Gasteiger partial charge in [0.05, 0.1) is 17.1 Å². The van der Waals surface area contributed by atoms with Gasteiger partial charge in [0, 0.05) is 12.1 Å². The van der Waals surface area contributed by atoms with Crippen molar-refractivity contribution in [1.82, 2.24) is 9.78 Å². The molecule has 0 radical (unpaired) electrons. The molecule has 0 unspecified atom stereocenters. The SMILES string of the molecule is CCCn1nc(C)c(NC(=O)c2cc(F)ccc2C)c1C. The first kappa shape index (κ1) is 15.2. The number of carbonyl (C=O) groups is 1. The minimum absolute atomic E-state index is 0.311. The van der Waals surface area contributed by atoms with Crippen LogP contribution in [0, 0.1) is 26.6 Å². The smallest absolute Gasteiger partial charge is 0.256 e. The minimum Gasteiger partial charge on any atom is -0.319 e. The molecule has 0 saturated heterocycles. The van der Waals surface area contributed by atoms with Crippen LogP contribution >= 0.6 is 0 Å².